The zero-order chi connectivity index (χ0) is 17.3. The Bertz CT molecular complexity index is 531. The molecule has 0 spiro atoms. The fraction of sp³-hybridized carbons (Fsp3) is 0.611. The lowest BCUT2D eigenvalue weighted by Gasteiger charge is -2.24. The number of hydrogen-bond donors (Lipinski definition) is 3. The third-order valence-corrected chi connectivity index (χ3v) is 4.76. The van der Waals surface area contributed by atoms with Crippen molar-refractivity contribution in [3.63, 3.8) is 0 Å². The van der Waals surface area contributed by atoms with Gasteiger partial charge in [-0.1, -0.05) is 29.8 Å². The van der Waals surface area contributed by atoms with Crippen LogP contribution in [0.2, 0.25) is 5.02 Å². The maximum Gasteiger partial charge on any atom is 0.191 e. The number of nitrogens with zero attached hydrogens (tertiary/aromatic N) is 1. The van der Waals surface area contributed by atoms with Crippen molar-refractivity contribution in [1.29, 1.82) is 0 Å². The lowest BCUT2D eigenvalue weighted by Crippen LogP contribution is -2.39. The van der Waals surface area contributed by atoms with Crippen LogP contribution in [-0.2, 0) is 11.2 Å². The number of ether oxygens (including phenoxy) is 1. The van der Waals surface area contributed by atoms with Crippen LogP contribution in [0.3, 0.4) is 0 Å². The van der Waals surface area contributed by atoms with E-state index in [9.17, 15) is 5.11 Å². The van der Waals surface area contributed by atoms with E-state index in [2.05, 4.69) is 10.6 Å². The Balaban J connectivity index is 1.89. The van der Waals surface area contributed by atoms with Gasteiger partial charge in [-0.05, 0) is 37.8 Å². The van der Waals surface area contributed by atoms with Crippen LogP contribution in [0.5, 0.6) is 0 Å². The van der Waals surface area contributed by atoms with Gasteiger partial charge < -0.3 is 20.5 Å². The van der Waals surface area contributed by atoms with E-state index < -0.39 is 0 Å². The molecular formula is C18H28ClN3O2. The Morgan fingerprint density at radius 1 is 1.38 bits per heavy atom. The summed E-state index contributed by atoms with van der Waals surface area (Å²) < 4.78 is 5.52. The molecule has 0 amide bonds. The number of guanidine groups is 1. The third-order valence-electron chi connectivity index (χ3n) is 4.39. The van der Waals surface area contributed by atoms with Gasteiger partial charge in [0, 0.05) is 36.7 Å². The first-order chi connectivity index (χ1) is 11.7. The van der Waals surface area contributed by atoms with E-state index in [-0.39, 0.29) is 12.0 Å². The number of nitrogens with one attached hydrogen (secondary N) is 2. The fourth-order valence-electron chi connectivity index (χ4n) is 2.89. The molecule has 0 aliphatic carbocycles. The second-order valence-electron chi connectivity index (χ2n) is 6.24. The number of aliphatic hydroxyl groups excluding tert-OH is 1. The van der Waals surface area contributed by atoms with Crippen molar-refractivity contribution in [3.8, 4) is 0 Å². The quantitative estimate of drug-likeness (QED) is 0.495. The van der Waals surface area contributed by atoms with Crippen LogP contribution >= 0.6 is 11.6 Å². The second kappa shape index (κ2) is 9.87. The number of rotatable bonds is 8. The molecule has 1 aromatic rings. The highest BCUT2D eigenvalue weighted by molar-refractivity contribution is 6.31. The molecule has 1 unspecified atom stereocenters. The summed E-state index contributed by atoms with van der Waals surface area (Å²) in [6.45, 7) is 5.89. The molecule has 0 bridgehead atoms. The fourth-order valence-corrected chi connectivity index (χ4v) is 3.12. The molecule has 0 saturated carbocycles. The average Bonchev–Trinajstić information content (AvgIpc) is 3.04. The van der Waals surface area contributed by atoms with E-state index in [1.807, 2.05) is 31.2 Å². The summed E-state index contributed by atoms with van der Waals surface area (Å²) in [5.74, 6) is 0.800. The molecule has 2 rings (SSSR count). The first kappa shape index (κ1) is 19.0. The normalized spacial score (nSPS) is 21.0. The van der Waals surface area contributed by atoms with E-state index in [4.69, 9.17) is 21.3 Å². The molecule has 24 heavy (non-hydrogen) atoms. The molecule has 1 saturated heterocycles. The molecule has 1 atom stereocenters. The Hall–Kier alpha value is -1.30. The molecule has 5 nitrogen and oxygen atoms in total. The van der Waals surface area contributed by atoms with E-state index >= 15 is 0 Å². The van der Waals surface area contributed by atoms with Crippen molar-refractivity contribution in [2.75, 3.05) is 39.5 Å². The maximum absolute atomic E-state index is 9.31. The lowest BCUT2D eigenvalue weighted by atomic mass is 9.84. The van der Waals surface area contributed by atoms with Gasteiger partial charge in [0.05, 0.1) is 13.2 Å². The van der Waals surface area contributed by atoms with Gasteiger partial charge in [-0.25, -0.2) is 0 Å². The molecule has 1 heterocycles. The second-order valence-corrected chi connectivity index (χ2v) is 6.65. The number of benzene rings is 1. The van der Waals surface area contributed by atoms with E-state index in [1.165, 1.54) is 0 Å². The minimum Gasteiger partial charge on any atom is -0.396 e. The minimum absolute atomic E-state index is 0.0279. The third kappa shape index (κ3) is 5.65. The highest BCUT2D eigenvalue weighted by Gasteiger charge is 2.34. The Kier molecular flexibility index (Phi) is 7.82. The van der Waals surface area contributed by atoms with Crippen LogP contribution in [0.4, 0.5) is 0 Å². The molecule has 1 fully saturated rings. The Labute approximate surface area is 149 Å². The van der Waals surface area contributed by atoms with Gasteiger partial charge in [-0.3, -0.25) is 4.99 Å². The molecule has 6 heteroatoms. The van der Waals surface area contributed by atoms with Crippen LogP contribution in [0, 0.1) is 5.41 Å². The predicted octanol–water partition coefficient (Wildman–Crippen LogP) is 2.23. The van der Waals surface area contributed by atoms with Gasteiger partial charge in [0.25, 0.3) is 0 Å². The van der Waals surface area contributed by atoms with Crippen molar-refractivity contribution in [1.82, 2.24) is 10.6 Å². The monoisotopic (exact) mass is 353 g/mol. The van der Waals surface area contributed by atoms with E-state index in [0.29, 0.717) is 13.2 Å². The van der Waals surface area contributed by atoms with Crippen molar-refractivity contribution in [2.24, 2.45) is 10.4 Å². The highest BCUT2D eigenvalue weighted by atomic mass is 35.5. The summed E-state index contributed by atoms with van der Waals surface area (Å²) in [6, 6.07) is 7.89. The molecular weight excluding hydrogens is 326 g/mol. The molecule has 3 N–H and O–H groups in total. The smallest absolute Gasteiger partial charge is 0.191 e. The van der Waals surface area contributed by atoms with Gasteiger partial charge in [-0.15, -0.1) is 0 Å². The lowest BCUT2D eigenvalue weighted by molar-refractivity contribution is 0.131. The van der Waals surface area contributed by atoms with Crippen LogP contribution in [-0.4, -0.2) is 50.5 Å². The van der Waals surface area contributed by atoms with Crippen molar-refractivity contribution < 1.29 is 9.84 Å². The van der Waals surface area contributed by atoms with Crippen LogP contribution < -0.4 is 10.6 Å². The average molecular weight is 354 g/mol. The van der Waals surface area contributed by atoms with E-state index in [0.717, 1.165) is 55.5 Å². The number of halogens is 1. The summed E-state index contributed by atoms with van der Waals surface area (Å²) in [5.41, 5.74) is 1.10. The zero-order valence-corrected chi connectivity index (χ0v) is 15.1. The SMILES string of the molecule is CCNC(=NCC1(CCO)CCOC1)NCCc1ccccc1Cl. The molecule has 134 valence electrons. The number of hydrogen-bond acceptors (Lipinski definition) is 3. The Morgan fingerprint density at radius 3 is 2.88 bits per heavy atom. The van der Waals surface area contributed by atoms with Crippen molar-refractivity contribution in [3.05, 3.63) is 34.9 Å². The summed E-state index contributed by atoms with van der Waals surface area (Å²) in [6.07, 6.45) is 2.53. The molecule has 0 radical (unpaired) electrons. The van der Waals surface area contributed by atoms with Crippen molar-refractivity contribution in [2.45, 2.75) is 26.2 Å². The van der Waals surface area contributed by atoms with Crippen LogP contribution in [0.25, 0.3) is 0 Å². The summed E-state index contributed by atoms with van der Waals surface area (Å²) in [7, 11) is 0. The molecule has 1 aliphatic rings. The van der Waals surface area contributed by atoms with Gasteiger partial charge in [0.15, 0.2) is 5.96 Å². The molecule has 1 aliphatic heterocycles. The predicted molar refractivity (Wildman–Crippen MR) is 98.7 cm³/mol. The van der Waals surface area contributed by atoms with E-state index in [1.54, 1.807) is 0 Å². The zero-order valence-electron chi connectivity index (χ0n) is 14.4. The first-order valence-corrected chi connectivity index (χ1v) is 9.01. The number of aliphatic hydroxyl groups is 1. The maximum atomic E-state index is 9.31. The molecule has 0 aromatic heterocycles. The summed E-state index contributed by atoms with van der Waals surface area (Å²) in [5, 5.41) is 16.7. The van der Waals surface area contributed by atoms with Gasteiger partial charge in [0.1, 0.15) is 0 Å². The van der Waals surface area contributed by atoms with Gasteiger partial charge in [0.2, 0.25) is 0 Å². The Morgan fingerprint density at radius 2 is 2.21 bits per heavy atom. The largest absolute Gasteiger partial charge is 0.396 e. The first-order valence-electron chi connectivity index (χ1n) is 8.63. The summed E-state index contributed by atoms with van der Waals surface area (Å²) in [4.78, 5) is 4.71. The van der Waals surface area contributed by atoms with Gasteiger partial charge in [-0.2, -0.15) is 0 Å². The summed E-state index contributed by atoms with van der Waals surface area (Å²) >= 11 is 6.19. The van der Waals surface area contributed by atoms with Crippen molar-refractivity contribution >= 4 is 17.6 Å². The topological polar surface area (TPSA) is 65.9 Å². The van der Waals surface area contributed by atoms with Crippen LogP contribution in [0.15, 0.2) is 29.3 Å². The highest BCUT2D eigenvalue weighted by Crippen LogP contribution is 2.32. The molecule has 1 aromatic carbocycles. The van der Waals surface area contributed by atoms with Gasteiger partial charge >= 0.3 is 0 Å². The standard InChI is InChI=1S/C18H28ClN3O2/c1-2-20-17(21-10-7-15-5-3-4-6-16(15)19)22-13-18(8-11-23)9-12-24-14-18/h3-6,23H,2,7-14H2,1H3,(H2,20,21,22). The van der Waals surface area contributed by atoms with Crippen LogP contribution in [0.1, 0.15) is 25.3 Å². The minimum atomic E-state index is -0.0279. The number of aliphatic imine (C=N–C) groups is 1.